The van der Waals surface area contributed by atoms with Gasteiger partial charge in [0, 0.05) is 6.07 Å². The van der Waals surface area contributed by atoms with Gasteiger partial charge in [-0.05, 0) is 55.1 Å². The molecule has 2 amide bonds. The second-order valence-corrected chi connectivity index (χ2v) is 7.13. The molecule has 1 saturated heterocycles. The molecule has 5 aliphatic rings. The van der Waals surface area contributed by atoms with Gasteiger partial charge in [-0.1, -0.05) is 0 Å². The molecule has 0 N–H and O–H groups in total. The van der Waals surface area contributed by atoms with E-state index in [0.717, 1.165) is 36.3 Å². The SMILES string of the molecule is O=C1C2C3CCC(C4CC43)C2C(=O)N1c1ccc(F)c(F)c1. The second-order valence-electron chi connectivity index (χ2n) is 7.13. The maximum Gasteiger partial charge on any atom is 0.237 e. The van der Waals surface area contributed by atoms with Crippen molar-refractivity contribution in [2.24, 2.45) is 35.5 Å². The van der Waals surface area contributed by atoms with Crippen LogP contribution in [0, 0.1) is 47.1 Å². The van der Waals surface area contributed by atoms with Crippen molar-refractivity contribution in [1.29, 1.82) is 0 Å². The van der Waals surface area contributed by atoms with E-state index in [0.29, 0.717) is 23.7 Å². The van der Waals surface area contributed by atoms with E-state index in [-0.39, 0.29) is 29.3 Å². The highest BCUT2D eigenvalue weighted by atomic mass is 19.2. The van der Waals surface area contributed by atoms with Crippen LogP contribution >= 0.6 is 0 Å². The number of halogens is 2. The van der Waals surface area contributed by atoms with Crippen LogP contribution < -0.4 is 4.90 Å². The lowest BCUT2D eigenvalue weighted by Crippen LogP contribution is -2.43. The van der Waals surface area contributed by atoms with Crippen LogP contribution in [-0.4, -0.2) is 11.8 Å². The number of carbonyl (C=O) groups excluding carboxylic acids is 2. The number of hydrogen-bond donors (Lipinski definition) is 0. The normalized spacial score (nSPS) is 41.6. The zero-order valence-corrected chi connectivity index (χ0v) is 11.8. The molecule has 5 heteroatoms. The number of hydrogen-bond acceptors (Lipinski definition) is 2. The molecule has 114 valence electrons. The highest BCUT2D eigenvalue weighted by Gasteiger charge is 2.68. The van der Waals surface area contributed by atoms with Gasteiger partial charge in [-0.3, -0.25) is 9.59 Å². The van der Waals surface area contributed by atoms with Gasteiger partial charge in [0.2, 0.25) is 11.8 Å². The molecule has 6 atom stereocenters. The average molecular weight is 303 g/mol. The van der Waals surface area contributed by atoms with Crippen LogP contribution in [-0.2, 0) is 9.59 Å². The maximum atomic E-state index is 13.5. The van der Waals surface area contributed by atoms with Crippen molar-refractivity contribution in [3.05, 3.63) is 29.8 Å². The molecular formula is C17H15F2NO2. The van der Waals surface area contributed by atoms with Crippen LogP contribution in [0.5, 0.6) is 0 Å². The fourth-order valence-electron chi connectivity index (χ4n) is 5.42. The van der Waals surface area contributed by atoms with Crippen molar-refractivity contribution in [1.82, 2.24) is 0 Å². The van der Waals surface area contributed by atoms with Gasteiger partial charge in [-0.2, -0.15) is 0 Å². The molecule has 0 radical (unpaired) electrons. The largest absolute Gasteiger partial charge is 0.274 e. The van der Waals surface area contributed by atoms with Crippen LogP contribution in [0.1, 0.15) is 19.3 Å². The van der Waals surface area contributed by atoms with Crippen molar-refractivity contribution in [2.75, 3.05) is 4.90 Å². The van der Waals surface area contributed by atoms with Crippen LogP contribution in [0.2, 0.25) is 0 Å². The summed E-state index contributed by atoms with van der Waals surface area (Å²) in [6.07, 6.45) is 3.21. The summed E-state index contributed by atoms with van der Waals surface area (Å²) < 4.78 is 26.6. The molecule has 1 heterocycles. The van der Waals surface area contributed by atoms with Crippen molar-refractivity contribution in [3.63, 3.8) is 0 Å². The fraction of sp³-hybridized carbons (Fsp3) is 0.529. The minimum atomic E-state index is -1.03. The lowest BCUT2D eigenvalue weighted by molar-refractivity contribution is -0.129. The third-order valence-corrected chi connectivity index (χ3v) is 6.31. The van der Waals surface area contributed by atoms with E-state index in [1.807, 2.05) is 0 Å². The number of carbonyl (C=O) groups is 2. The first-order valence-electron chi connectivity index (χ1n) is 7.91. The minimum Gasteiger partial charge on any atom is -0.274 e. The third-order valence-electron chi connectivity index (χ3n) is 6.31. The van der Waals surface area contributed by atoms with E-state index in [2.05, 4.69) is 0 Å². The van der Waals surface area contributed by atoms with Gasteiger partial charge in [0.25, 0.3) is 0 Å². The van der Waals surface area contributed by atoms with Crippen molar-refractivity contribution < 1.29 is 18.4 Å². The topological polar surface area (TPSA) is 37.4 Å². The first kappa shape index (κ1) is 12.7. The summed E-state index contributed by atoms with van der Waals surface area (Å²) in [6.45, 7) is 0. The van der Waals surface area contributed by atoms with E-state index in [1.165, 1.54) is 6.07 Å². The summed E-state index contributed by atoms with van der Waals surface area (Å²) in [5.41, 5.74) is 0.163. The molecule has 6 rings (SSSR count). The molecule has 1 aliphatic heterocycles. The van der Waals surface area contributed by atoms with E-state index in [9.17, 15) is 18.4 Å². The lowest BCUT2D eigenvalue weighted by Gasteiger charge is -2.42. The summed E-state index contributed by atoms with van der Waals surface area (Å²) in [5, 5.41) is 0. The van der Waals surface area contributed by atoms with Crippen molar-refractivity contribution >= 4 is 17.5 Å². The second kappa shape index (κ2) is 3.94. The molecule has 5 fully saturated rings. The summed E-state index contributed by atoms with van der Waals surface area (Å²) in [5.74, 6) is -1.03. The fourth-order valence-corrected chi connectivity index (χ4v) is 5.42. The van der Waals surface area contributed by atoms with Gasteiger partial charge in [0.15, 0.2) is 11.6 Å². The number of imide groups is 1. The van der Waals surface area contributed by atoms with Gasteiger partial charge in [0.1, 0.15) is 0 Å². The van der Waals surface area contributed by atoms with Gasteiger partial charge in [-0.15, -0.1) is 0 Å². The number of benzene rings is 1. The lowest BCUT2D eigenvalue weighted by atomic mass is 9.59. The zero-order valence-electron chi connectivity index (χ0n) is 11.8. The number of amides is 2. The molecule has 2 bridgehead atoms. The Kier molecular flexibility index (Phi) is 2.28. The van der Waals surface area contributed by atoms with Gasteiger partial charge < -0.3 is 0 Å². The Bertz CT molecular complexity index is 685. The molecule has 3 nitrogen and oxygen atoms in total. The number of fused-ring (bicyclic) bond motifs is 1. The van der Waals surface area contributed by atoms with Crippen LogP contribution in [0.4, 0.5) is 14.5 Å². The third kappa shape index (κ3) is 1.40. The molecule has 0 aromatic heterocycles. The Morgan fingerprint density at radius 1 is 0.864 bits per heavy atom. The molecule has 6 unspecified atom stereocenters. The molecule has 0 spiro atoms. The monoisotopic (exact) mass is 303 g/mol. The zero-order chi connectivity index (χ0) is 15.2. The van der Waals surface area contributed by atoms with E-state index >= 15 is 0 Å². The predicted octanol–water partition coefficient (Wildman–Crippen LogP) is 2.75. The summed E-state index contributed by atoms with van der Waals surface area (Å²) in [7, 11) is 0. The van der Waals surface area contributed by atoms with Crippen molar-refractivity contribution in [3.8, 4) is 0 Å². The summed E-state index contributed by atoms with van der Waals surface area (Å²) >= 11 is 0. The number of rotatable bonds is 1. The first-order chi connectivity index (χ1) is 10.6. The Labute approximate surface area is 126 Å². The average Bonchev–Trinajstić information content (AvgIpc) is 3.28. The molecule has 1 aromatic rings. The maximum absolute atomic E-state index is 13.5. The molecule has 4 aliphatic carbocycles. The summed E-state index contributed by atoms with van der Waals surface area (Å²) in [4.78, 5) is 26.7. The first-order valence-corrected chi connectivity index (χ1v) is 7.91. The van der Waals surface area contributed by atoms with Gasteiger partial charge in [-0.25, -0.2) is 13.7 Å². The highest BCUT2D eigenvalue weighted by Crippen LogP contribution is 2.68. The van der Waals surface area contributed by atoms with Gasteiger partial charge >= 0.3 is 0 Å². The highest BCUT2D eigenvalue weighted by molar-refractivity contribution is 6.22. The van der Waals surface area contributed by atoms with E-state index in [1.54, 1.807) is 0 Å². The smallest absolute Gasteiger partial charge is 0.237 e. The number of nitrogens with zero attached hydrogens (tertiary/aromatic N) is 1. The van der Waals surface area contributed by atoms with Crippen LogP contribution in [0.3, 0.4) is 0 Å². The molecule has 1 aromatic carbocycles. The van der Waals surface area contributed by atoms with Gasteiger partial charge in [0.05, 0.1) is 17.5 Å². The summed E-state index contributed by atoms with van der Waals surface area (Å²) in [6, 6.07) is 3.23. The Balaban J connectivity index is 1.57. The number of anilines is 1. The van der Waals surface area contributed by atoms with Crippen molar-refractivity contribution in [2.45, 2.75) is 19.3 Å². The molecule has 22 heavy (non-hydrogen) atoms. The van der Waals surface area contributed by atoms with Crippen LogP contribution in [0.15, 0.2) is 18.2 Å². The Morgan fingerprint density at radius 2 is 1.45 bits per heavy atom. The molecular weight excluding hydrogens is 288 g/mol. The minimum absolute atomic E-state index is 0.163. The Hall–Kier alpha value is -1.78. The standard InChI is InChI=1S/C17H15F2NO2/c18-12-4-1-7(5-13(12)19)20-16(21)14-8-2-3-9(11-6-10(8)11)15(14)17(20)22/h1,4-5,8-11,14-15H,2-3,6H2. The predicted molar refractivity (Wildman–Crippen MR) is 73.6 cm³/mol. The van der Waals surface area contributed by atoms with Crippen LogP contribution in [0.25, 0.3) is 0 Å². The quantitative estimate of drug-likeness (QED) is 0.748. The Morgan fingerprint density at radius 3 is 2.00 bits per heavy atom. The van der Waals surface area contributed by atoms with E-state index in [4.69, 9.17) is 0 Å². The van der Waals surface area contributed by atoms with E-state index < -0.39 is 11.6 Å². The molecule has 4 saturated carbocycles.